The molecule has 9 heteroatoms. The number of ketones is 1. The zero-order chi connectivity index (χ0) is 22.6. The maximum Gasteiger partial charge on any atom is 0.417 e. The molecule has 1 aromatic heterocycles. The van der Waals surface area contributed by atoms with Crippen molar-refractivity contribution in [3.05, 3.63) is 69.3 Å². The molecule has 1 saturated carbocycles. The first-order chi connectivity index (χ1) is 14.7. The van der Waals surface area contributed by atoms with E-state index in [4.69, 9.17) is 11.6 Å². The molecule has 0 radical (unpaired) electrons. The molecule has 1 aliphatic rings. The Hall–Kier alpha value is -2.35. The number of carbonyl (C=O) groups excluding carboxylic acids is 1. The Balaban J connectivity index is 1.87. The number of nitrogens with zero attached hydrogens (tertiary/aromatic N) is 2. The van der Waals surface area contributed by atoms with E-state index in [-0.39, 0.29) is 38.5 Å². The molecule has 1 atom stereocenters. The van der Waals surface area contributed by atoms with Gasteiger partial charge in [0, 0.05) is 18.5 Å². The van der Waals surface area contributed by atoms with E-state index in [1.165, 1.54) is 0 Å². The Bertz CT molecular complexity index is 929. The molecule has 1 fully saturated rings. The number of carbonyl (C=O) groups is 1. The van der Waals surface area contributed by atoms with Crippen molar-refractivity contribution in [2.75, 3.05) is 0 Å². The molecule has 0 aliphatic heterocycles. The monoisotopic (exact) mass is 456 g/mol. The number of nitroso groups, excluding NO2 is 1. The van der Waals surface area contributed by atoms with E-state index < -0.39 is 45.9 Å². The number of hydrogen-bond acceptors (Lipinski definition) is 4. The zero-order valence-corrected chi connectivity index (χ0v) is 17.3. The van der Waals surface area contributed by atoms with Gasteiger partial charge >= 0.3 is 6.18 Å². The molecule has 0 N–H and O–H groups in total. The maximum absolute atomic E-state index is 13.7. The second-order valence-electron chi connectivity index (χ2n) is 7.81. The van der Waals surface area contributed by atoms with Gasteiger partial charge in [-0.1, -0.05) is 47.1 Å². The zero-order valence-electron chi connectivity index (χ0n) is 16.5. The molecule has 1 aromatic carbocycles. The Morgan fingerprint density at radius 2 is 1.84 bits per heavy atom. The van der Waals surface area contributed by atoms with Crippen LogP contribution >= 0.6 is 11.6 Å². The molecule has 2 aromatic rings. The predicted molar refractivity (Wildman–Crippen MR) is 109 cm³/mol. The molecule has 1 unspecified atom stereocenters. The van der Waals surface area contributed by atoms with Crippen molar-refractivity contribution in [1.29, 1.82) is 0 Å². The number of hydrogen-bond donors (Lipinski definition) is 0. The number of rotatable bonds is 7. The van der Waals surface area contributed by atoms with Gasteiger partial charge < -0.3 is 0 Å². The summed E-state index contributed by atoms with van der Waals surface area (Å²) >= 11 is 5.83. The lowest BCUT2D eigenvalue weighted by Crippen LogP contribution is -2.39. The predicted octanol–water partition coefficient (Wildman–Crippen LogP) is 6.92. The van der Waals surface area contributed by atoms with Crippen LogP contribution in [0.1, 0.15) is 66.1 Å². The van der Waals surface area contributed by atoms with Gasteiger partial charge in [-0.15, -0.1) is 0 Å². The van der Waals surface area contributed by atoms with Gasteiger partial charge in [-0.2, -0.15) is 18.1 Å². The van der Waals surface area contributed by atoms with Crippen LogP contribution in [-0.4, -0.2) is 22.5 Å². The molecular weight excluding hydrogens is 436 g/mol. The van der Waals surface area contributed by atoms with Gasteiger partial charge in [0.2, 0.25) is 0 Å². The molecule has 1 heterocycles. The van der Waals surface area contributed by atoms with Crippen molar-refractivity contribution in [3.8, 4) is 0 Å². The summed E-state index contributed by atoms with van der Waals surface area (Å²) in [5.74, 6) is -1.13. The smallest absolute Gasteiger partial charge is 0.292 e. The SMILES string of the molecule is O=NC1(C(CCC(=O)c2nccc(C(F)(F)F)c2Cl)c2ccccc2)CCC(F)CC1. The van der Waals surface area contributed by atoms with E-state index in [2.05, 4.69) is 10.2 Å². The molecule has 0 bridgehead atoms. The number of pyridine rings is 1. The normalized spacial score (nSPS) is 22.7. The Morgan fingerprint density at radius 1 is 1.19 bits per heavy atom. The molecule has 1 aliphatic carbocycles. The van der Waals surface area contributed by atoms with Gasteiger partial charge in [0.05, 0.1) is 10.6 Å². The number of benzene rings is 1. The fourth-order valence-corrected chi connectivity index (χ4v) is 4.59. The standard InChI is InChI=1S/C22H21ClF4N2O2/c23-19-17(22(25,26)27)10-13-28-20(19)18(30)7-6-16(14-4-2-1-3-5-14)21(29-31)11-8-15(24)9-12-21/h1-5,10,13,15-16H,6-9,11-12H2. The van der Waals surface area contributed by atoms with E-state index in [0.717, 1.165) is 11.8 Å². The lowest BCUT2D eigenvalue weighted by Gasteiger charge is -2.39. The largest absolute Gasteiger partial charge is 0.417 e. The van der Waals surface area contributed by atoms with Crippen molar-refractivity contribution in [3.63, 3.8) is 0 Å². The second kappa shape index (κ2) is 9.42. The first kappa shape index (κ1) is 23.3. The van der Waals surface area contributed by atoms with Crippen molar-refractivity contribution in [2.45, 2.75) is 62.3 Å². The Morgan fingerprint density at radius 3 is 2.42 bits per heavy atom. The van der Waals surface area contributed by atoms with Crippen molar-refractivity contribution in [2.24, 2.45) is 5.18 Å². The van der Waals surface area contributed by atoms with Gasteiger partial charge in [0.25, 0.3) is 0 Å². The minimum Gasteiger partial charge on any atom is -0.292 e. The average Bonchev–Trinajstić information content (AvgIpc) is 2.75. The third-order valence-electron chi connectivity index (χ3n) is 5.93. The molecule has 0 saturated heterocycles. The molecule has 166 valence electrons. The van der Waals surface area contributed by atoms with E-state index in [1.807, 2.05) is 0 Å². The van der Waals surface area contributed by atoms with Crippen LogP contribution in [0.3, 0.4) is 0 Å². The summed E-state index contributed by atoms with van der Waals surface area (Å²) in [4.78, 5) is 28.4. The number of alkyl halides is 4. The van der Waals surface area contributed by atoms with E-state index >= 15 is 0 Å². The van der Waals surface area contributed by atoms with Crippen LogP contribution in [0.15, 0.2) is 47.8 Å². The number of Topliss-reactive ketones (excluding diaryl/α,β-unsaturated/α-hetero) is 1. The van der Waals surface area contributed by atoms with Gasteiger partial charge in [0.1, 0.15) is 17.4 Å². The summed E-state index contributed by atoms with van der Waals surface area (Å²) in [6, 6.07) is 9.70. The fraction of sp³-hybridized carbons (Fsp3) is 0.455. The number of aromatic nitrogens is 1. The second-order valence-corrected chi connectivity index (χ2v) is 8.19. The summed E-state index contributed by atoms with van der Waals surface area (Å²) in [7, 11) is 0. The Kier molecular flexibility index (Phi) is 7.09. The molecule has 0 spiro atoms. The van der Waals surface area contributed by atoms with Crippen LogP contribution in [0.2, 0.25) is 5.02 Å². The maximum atomic E-state index is 13.7. The number of halogens is 5. The average molecular weight is 457 g/mol. The van der Waals surface area contributed by atoms with Crippen molar-refractivity contribution < 1.29 is 22.4 Å². The van der Waals surface area contributed by atoms with E-state index in [9.17, 15) is 27.3 Å². The minimum absolute atomic E-state index is 0.153. The first-order valence-electron chi connectivity index (χ1n) is 9.96. The summed E-state index contributed by atoms with van der Waals surface area (Å²) in [5.41, 5.74) is -1.88. The highest BCUT2D eigenvalue weighted by Gasteiger charge is 2.44. The van der Waals surface area contributed by atoms with Crippen molar-refractivity contribution >= 4 is 17.4 Å². The molecule has 0 amide bonds. The summed E-state index contributed by atoms with van der Waals surface area (Å²) < 4.78 is 53.0. The van der Waals surface area contributed by atoms with Crippen LogP contribution in [0.4, 0.5) is 17.6 Å². The third kappa shape index (κ3) is 5.11. The van der Waals surface area contributed by atoms with Gasteiger partial charge in [-0.25, -0.2) is 4.39 Å². The molecule has 3 rings (SSSR count). The van der Waals surface area contributed by atoms with Gasteiger partial charge in [0.15, 0.2) is 5.78 Å². The van der Waals surface area contributed by atoms with E-state index in [1.54, 1.807) is 30.3 Å². The topological polar surface area (TPSA) is 59.4 Å². The Labute approximate surface area is 182 Å². The third-order valence-corrected chi connectivity index (χ3v) is 6.31. The highest BCUT2D eigenvalue weighted by molar-refractivity contribution is 6.34. The molecule has 4 nitrogen and oxygen atoms in total. The molecular formula is C22H21ClF4N2O2. The van der Waals surface area contributed by atoms with Crippen LogP contribution < -0.4 is 0 Å². The molecule has 31 heavy (non-hydrogen) atoms. The quantitative estimate of drug-likeness (QED) is 0.258. The highest BCUT2D eigenvalue weighted by Crippen LogP contribution is 2.46. The summed E-state index contributed by atoms with van der Waals surface area (Å²) in [6.45, 7) is 0. The lowest BCUT2D eigenvalue weighted by atomic mass is 9.68. The fourth-order valence-electron chi connectivity index (χ4n) is 4.27. The van der Waals surface area contributed by atoms with Crippen molar-refractivity contribution in [1.82, 2.24) is 4.98 Å². The van der Waals surface area contributed by atoms with Crippen LogP contribution in [0.25, 0.3) is 0 Å². The van der Waals surface area contributed by atoms with Crippen LogP contribution in [-0.2, 0) is 6.18 Å². The summed E-state index contributed by atoms with van der Waals surface area (Å²) in [6.07, 6.45) is -3.95. The summed E-state index contributed by atoms with van der Waals surface area (Å²) in [5, 5.41) is 2.65. The van der Waals surface area contributed by atoms with Crippen LogP contribution in [0, 0.1) is 4.91 Å². The highest BCUT2D eigenvalue weighted by atomic mass is 35.5. The minimum atomic E-state index is -4.71. The van der Waals surface area contributed by atoms with Gasteiger partial charge in [-0.3, -0.25) is 9.78 Å². The van der Waals surface area contributed by atoms with Gasteiger partial charge in [-0.05, 0) is 43.7 Å². The van der Waals surface area contributed by atoms with Crippen LogP contribution in [0.5, 0.6) is 0 Å². The lowest BCUT2D eigenvalue weighted by molar-refractivity contribution is -0.137. The first-order valence-corrected chi connectivity index (χ1v) is 10.3. The van der Waals surface area contributed by atoms with E-state index in [0.29, 0.717) is 6.07 Å².